The molecule has 7 nitrogen and oxygen atoms in total. The molecule has 0 aliphatic rings. The van der Waals surface area contributed by atoms with Crippen LogP contribution in [0.15, 0.2) is 18.2 Å². The molecule has 2 N–H and O–H groups in total. The Morgan fingerprint density at radius 1 is 1.09 bits per heavy atom. The molecule has 0 saturated heterocycles. The van der Waals surface area contributed by atoms with Crippen LogP contribution in [0.2, 0.25) is 0 Å². The summed E-state index contributed by atoms with van der Waals surface area (Å²) < 4.78 is 5.33. The molecule has 0 saturated carbocycles. The second-order valence-corrected chi connectivity index (χ2v) is 10.2. The van der Waals surface area contributed by atoms with Gasteiger partial charge in [-0.2, -0.15) is 12.6 Å². The smallest absolute Gasteiger partial charge is 0.408 e. The van der Waals surface area contributed by atoms with Gasteiger partial charge in [0, 0.05) is 17.8 Å². The molecule has 186 valence electrons. The fourth-order valence-electron chi connectivity index (χ4n) is 3.45. The van der Waals surface area contributed by atoms with Crippen LogP contribution in [0, 0.1) is 13.8 Å². The van der Waals surface area contributed by atoms with Crippen molar-refractivity contribution >= 4 is 30.5 Å². The third kappa shape index (κ3) is 8.57. The molecular formula is C25H41N3O4S. The zero-order valence-corrected chi connectivity index (χ0v) is 22.4. The molecular weight excluding hydrogens is 438 g/mol. The highest BCUT2D eigenvalue weighted by Crippen LogP contribution is 2.29. The van der Waals surface area contributed by atoms with Crippen molar-refractivity contribution < 1.29 is 19.1 Å². The minimum Gasteiger partial charge on any atom is -0.444 e. The van der Waals surface area contributed by atoms with Crippen molar-refractivity contribution in [1.29, 1.82) is 0 Å². The van der Waals surface area contributed by atoms with Gasteiger partial charge in [-0.25, -0.2) is 4.79 Å². The van der Waals surface area contributed by atoms with Gasteiger partial charge in [-0.05, 0) is 72.9 Å². The number of alkyl carbamates (subject to hydrolysis) is 1. The molecule has 0 aliphatic heterocycles. The van der Waals surface area contributed by atoms with E-state index in [-0.39, 0.29) is 29.7 Å². The third-order valence-corrected chi connectivity index (χ3v) is 5.54. The summed E-state index contributed by atoms with van der Waals surface area (Å²) in [5, 5.41) is 5.60. The Kier molecular flexibility index (Phi) is 10.7. The van der Waals surface area contributed by atoms with Crippen LogP contribution in [-0.2, 0) is 14.3 Å². The Balaban J connectivity index is 3.51. The first-order valence-electron chi connectivity index (χ1n) is 11.5. The Morgan fingerprint density at radius 3 is 2.18 bits per heavy atom. The van der Waals surface area contributed by atoms with Crippen molar-refractivity contribution in [1.82, 2.24) is 15.5 Å². The molecule has 3 amide bonds. The molecule has 3 atom stereocenters. The Bertz CT molecular complexity index is 835. The van der Waals surface area contributed by atoms with Crippen molar-refractivity contribution in [3.63, 3.8) is 0 Å². The maximum Gasteiger partial charge on any atom is 0.408 e. The lowest BCUT2D eigenvalue weighted by atomic mass is 9.94. The standard InChI is InChI=1S/C25H41N3O4S/c1-10-18(6)28(23(30)20(14-33)27-24(31)32-25(7,8)9)21(22(29)26-15(2)3)19-13-16(4)11-12-17(19)5/h11-13,15,18,20-21,33H,10,14H2,1-9H3,(H,26,29)(H,27,31). The highest BCUT2D eigenvalue weighted by Gasteiger charge is 2.38. The fraction of sp³-hybridized carbons (Fsp3) is 0.640. The van der Waals surface area contributed by atoms with Crippen LogP contribution in [0.5, 0.6) is 0 Å². The van der Waals surface area contributed by atoms with Gasteiger partial charge in [-0.1, -0.05) is 30.7 Å². The number of carbonyl (C=O) groups is 3. The van der Waals surface area contributed by atoms with E-state index in [9.17, 15) is 14.4 Å². The number of nitrogens with one attached hydrogen (secondary N) is 2. The van der Waals surface area contributed by atoms with Crippen LogP contribution in [0.1, 0.15) is 77.6 Å². The lowest BCUT2D eigenvalue weighted by Gasteiger charge is -2.39. The topological polar surface area (TPSA) is 87.7 Å². The average Bonchev–Trinajstić information content (AvgIpc) is 2.69. The number of nitrogens with zero attached hydrogens (tertiary/aromatic N) is 1. The summed E-state index contributed by atoms with van der Waals surface area (Å²) in [6.07, 6.45) is -0.0673. The second-order valence-electron chi connectivity index (χ2n) is 9.81. The Labute approximate surface area is 204 Å². The number of hydrogen-bond donors (Lipinski definition) is 3. The van der Waals surface area contributed by atoms with Crippen LogP contribution in [0.25, 0.3) is 0 Å². The van der Waals surface area contributed by atoms with Crippen molar-refractivity contribution in [2.75, 3.05) is 5.75 Å². The van der Waals surface area contributed by atoms with Gasteiger partial charge in [-0.3, -0.25) is 9.59 Å². The highest BCUT2D eigenvalue weighted by molar-refractivity contribution is 7.80. The SMILES string of the molecule is CCC(C)N(C(=O)C(CS)NC(=O)OC(C)(C)C)C(C(=O)NC(C)C)c1cc(C)ccc1C. The first-order chi connectivity index (χ1) is 15.2. The predicted octanol–water partition coefficient (Wildman–Crippen LogP) is 4.32. The van der Waals surface area contributed by atoms with Gasteiger partial charge in [0.2, 0.25) is 11.8 Å². The lowest BCUT2D eigenvalue weighted by Crippen LogP contribution is -2.56. The first kappa shape index (κ1) is 28.8. The Hall–Kier alpha value is -2.22. The molecule has 0 fully saturated rings. The minimum atomic E-state index is -0.948. The summed E-state index contributed by atoms with van der Waals surface area (Å²) in [6.45, 7) is 16.8. The van der Waals surface area contributed by atoms with Gasteiger partial charge in [-0.15, -0.1) is 0 Å². The maximum absolute atomic E-state index is 13.8. The van der Waals surface area contributed by atoms with E-state index >= 15 is 0 Å². The highest BCUT2D eigenvalue weighted by atomic mass is 32.1. The van der Waals surface area contributed by atoms with Crippen molar-refractivity contribution in [3.05, 3.63) is 34.9 Å². The van der Waals surface area contributed by atoms with Crippen LogP contribution in [-0.4, -0.2) is 52.3 Å². The molecule has 33 heavy (non-hydrogen) atoms. The van der Waals surface area contributed by atoms with Gasteiger partial charge in [0.15, 0.2) is 0 Å². The van der Waals surface area contributed by atoms with Crippen molar-refractivity contribution in [3.8, 4) is 0 Å². The summed E-state index contributed by atoms with van der Waals surface area (Å²) in [5.41, 5.74) is 1.96. The Morgan fingerprint density at radius 2 is 1.70 bits per heavy atom. The molecule has 3 unspecified atom stereocenters. The number of hydrogen-bond acceptors (Lipinski definition) is 5. The molecule has 0 bridgehead atoms. The fourth-order valence-corrected chi connectivity index (χ4v) is 3.69. The lowest BCUT2D eigenvalue weighted by molar-refractivity contribution is -0.144. The van der Waals surface area contributed by atoms with E-state index in [1.165, 1.54) is 0 Å². The van der Waals surface area contributed by atoms with Gasteiger partial charge in [0.05, 0.1) is 0 Å². The molecule has 0 aromatic heterocycles. The van der Waals surface area contributed by atoms with E-state index in [0.717, 1.165) is 16.7 Å². The number of thiol groups is 1. The zero-order chi connectivity index (χ0) is 25.5. The van der Waals surface area contributed by atoms with E-state index in [2.05, 4.69) is 23.3 Å². The van der Waals surface area contributed by atoms with Crippen LogP contribution < -0.4 is 10.6 Å². The first-order valence-corrected chi connectivity index (χ1v) is 12.1. The van der Waals surface area contributed by atoms with E-state index in [1.807, 2.05) is 59.7 Å². The minimum absolute atomic E-state index is 0.0658. The molecule has 8 heteroatoms. The molecule has 1 aromatic rings. The zero-order valence-electron chi connectivity index (χ0n) is 21.5. The third-order valence-electron chi connectivity index (χ3n) is 5.18. The number of amides is 3. The number of aryl methyl sites for hydroxylation is 2. The summed E-state index contributed by atoms with van der Waals surface area (Å²) in [5.74, 6) is -0.575. The predicted molar refractivity (Wildman–Crippen MR) is 136 cm³/mol. The molecule has 0 heterocycles. The van der Waals surface area contributed by atoms with E-state index < -0.39 is 23.8 Å². The van der Waals surface area contributed by atoms with Crippen molar-refractivity contribution in [2.45, 2.75) is 98.5 Å². The number of benzene rings is 1. The van der Waals surface area contributed by atoms with Crippen LogP contribution in [0.4, 0.5) is 4.79 Å². The van der Waals surface area contributed by atoms with E-state index in [4.69, 9.17) is 4.74 Å². The van der Waals surface area contributed by atoms with Gasteiger partial charge < -0.3 is 20.3 Å². The molecule has 1 rings (SSSR count). The quantitative estimate of drug-likeness (QED) is 0.460. The van der Waals surface area contributed by atoms with Crippen LogP contribution >= 0.6 is 12.6 Å². The maximum atomic E-state index is 13.8. The summed E-state index contributed by atoms with van der Waals surface area (Å²) in [4.78, 5) is 41.2. The van der Waals surface area contributed by atoms with Gasteiger partial charge in [0.25, 0.3) is 0 Å². The van der Waals surface area contributed by atoms with Gasteiger partial charge in [0.1, 0.15) is 17.7 Å². The number of ether oxygens (including phenoxy) is 1. The monoisotopic (exact) mass is 479 g/mol. The van der Waals surface area contributed by atoms with Crippen LogP contribution in [0.3, 0.4) is 0 Å². The van der Waals surface area contributed by atoms with Gasteiger partial charge >= 0.3 is 6.09 Å². The second kappa shape index (κ2) is 12.3. The molecule has 0 spiro atoms. The van der Waals surface area contributed by atoms with E-state index in [1.54, 1.807) is 25.7 Å². The summed E-state index contributed by atoms with van der Waals surface area (Å²) >= 11 is 4.31. The van der Waals surface area contributed by atoms with E-state index in [0.29, 0.717) is 6.42 Å². The normalized spacial score (nSPS) is 14.3. The molecule has 0 radical (unpaired) electrons. The molecule has 1 aromatic carbocycles. The molecule has 0 aliphatic carbocycles. The average molecular weight is 480 g/mol. The summed E-state index contributed by atoms with van der Waals surface area (Å²) in [7, 11) is 0. The summed E-state index contributed by atoms with van der Waals surface area (Å²) in [6, 6.07) is 3.72. The largest absolute Gasteiger partial charge is 0.444 e. The number of rotatable bonds is 9. The van der Waals surface area contributed by atoms with Crippen molar-refractivity contribution in [2.24, 2.45) is 0 Å². The number of carbonyl (C=O) groups excluding carboxylic acids is 3.